The van der Waals surface area contributed by atoms with E-state index in [9.17, 15) is 4.79 Å². The van der Waals surface area contributed by atoms with Crippen LogP contribution in [0.1, 0.15) is 46.7 Å². The maximum Gasteiger partial charge on any atom is 0.254 e. The van der Waals surface area contributed by atoms with Crippen LogP contribution >= 0.6 is 0 Å². The quantitative estimate of drug-likeness (QED) is 0.645. The van der Waals surface area contributed by atoms with Crippen LogP contribution in [0.4, 0.5) is 0 Å². The van der Waals surface area contributed by atoms with Gasteiger partial charge in [0, 0.05) is 42.0 Å². The Morgan fingerprint density at radius 2 is 1.93 bits per heavy atom. The lowest BCUT2D eigenvalue weighted by molar-refractivity contribution is 0.0726. The highest BCUT2D eigenvalue weighted by atomic mass is 16.2. The van der Waals surface area contributed by atoms with Crippen LogP contribution in [0.25, 0.3) is 11.1 Å². The van der Waals surface area contributed by atoms with Crippen molar-refractivity contribution in [1.29, 1.82) is 0 Å². The summed E-state index contributed by atoms with van der Waals surface area (Å²) in [6.07, 6.45) is 4.41. The Hall–Kier alpha value is -3.01. The summed E-state index contributed by atoms with van der Waals surface area (Å²) >= 11 is 0. The summed E-state index contributed by atoms with van der Waals surface area (Å²) in [6.45, 7) is 6.06. The number of pyridine rings is 2. The molecule has 2 heterocycles. The molecule has 0 N–H and O–H groups in total. The Morgan fingerprint density at radius 3 is 2.59 bits per heavy atom. The van der Waals surface area contributed by atoms with Crippen LogP contribution in [0.3, 0.4) is 0 Å². The number of carbonyl (C=O) groups excluding carboxylic acids is 1. The van der Waals surface area contributed by atoms with Gasteiger partial charge in [-0.1, -0.05) is 31.2 Å². The molecule has 0 fully saturated rings. The molecule has 3 rings (SSSR count). The van der Waals surface area contributed by atoms with Crippen LogP contribution in [0.2, 0.25) is 0 Å². The average molecular weight is 359 g/mol. The number of aryl methyl sites for hydroxylation is 2. The molecule has 0 aliphatic heterocycles. The molecule has 4 heteroatoms. The summed E-state index contributed by atoms with van der Waals surface area (Å²) in [5.41, 5.74) is 5.74. The van der Waals surface area contributed by atoms with Gasteiger partial charge in [0.05, 0.1) is 6.04 Å². The first-order valence-corrected chi connectivity index (χ1v) is 9.23. The van der Waals surface area contributed by atoms with E-state index in [0.29, 0.717) is 5.56 Å². The van der Waals surface area contributed by atoms with Gasteiger partial charge in [-0.3, -0.25) is 14.8 Å². The minimum absolute atomic E-state index is 0.00219. The smallest absolute Gasteiger partial charge is 0.254 e. The second kappa shape index (κ2) is 8.12. The van der Waals surface area contributed by atoms with E-state index in [1.165, 1.54) is 0 Å². The molecule has 1 atom stereocenters. The van der Waals surface area contributed by atoms with Gasteiger partial charge in [0.1, 0.15) is 0 Å². The molecule has 2 aromatic heterocycles. The highest BCUT2D eigenvalue weighted by Crippen LogP contribution is 2.27. The molecule has 0 aliphatic carbocycles. The van der Waals surface area contributed by atoms with E-state index < -0.39 is 0 Å². The van der Waals surface area contributed by atoms with Gasteiger partial charge in [0.15, 0.2) is 0 Å². The van der Waals surface area contributed by atoms with Crippen molar-refractivity contribution < 1.29 is 4.79 Å². The Kier molecular flexibility index (Phi) is 5.65. The molecule has 1 aromatic carbocycles. The van der Waals surface area contributed by atoms with Crippen molar-refractivity contribution in [3.05, 3.63) is 83.4 Å². The standard InChI is InChI=1S/C23H25N3O/c1-5-22(20-10-7-13-24-15-20)26(4)23(27)19-9-6-8-18(14-19)21-12-11-16(2)25-17(21)3/h6-15,22H,5H2,1-4H3/t22-/m0/s1. The number of amides is 1. The number of hydrogen-bond acceptors (Lipinski definition) is 3. The van der Waals surface area contributed by atoms with Gasteiger partial charge in [0.25, 0.3) is 5.91 Å². The zero-order valence-electron chi connectivity index (χ0n) is 16.3. The van der Waals surface area contributed by atoms with Gasteiger partial charge >= 0.3 is 0 Å². The van der Waals surface area contributed by atoms with Gasteiger partial charge in [-0.2, -0.15) is 0 Å². The summed E-state index contributed by atoms with van der Waals surface area (Å²) in [7, 11) is 1.86. The number of rotatable bonds is 5. The highest BCUT2D eigenvalue weighted by Gasteiger charge is 2.22. The first-order valence-electron chi connectivity index (χ1n) is 9.23. The lowest BCUT2D eigenvalue weighted by atomic mass is 10.00. The molecule has 0 spiro atoms. The first kappa shape index (κ1) is 18.8. The van der Waals surface area contributed by atoms with Crippen molar-refractivity contribution >= 4 is 5.91 Å². The number of benzene rings is 1. The van der Waals surface area contributed by atoms with Gasteiger partial charge < -0.3 is 4.90 Å². The van der Waals surface area contributed by atoms with Crippen molar-refractivity contribution in [2.45, 2.75) is 33.2 Å². The molecular formula is C23H25N3O. The maximum atomic E-state index is 13.1. The second-order valence-corrected chi connectivity index (χ2v) is 6.79. The third-order valence-electron chi connectivity index (χ3n) is 4.89. The molecule has 3 aromatic rings. The third kappa shape index (κ3) is 4.05. The van der Waals surface area contributed by atoms with Gasteiger partial charge in [-0.15, -0.1) is 0 Å². The van der Waals surface area contributed by atoms with Crippen molar-refractivity contribution in [3.63, 3.8) is 0 Å². The monoisotopic (exact) mass is 359 g/mol. The number of hydrogen-bond donors (Lipinski definition) is 0. The summed E-state index contributed by atoms with van der Waals surface area (Å²) in [4.78, 5) is 23.7. The van der Waals surface area contributed by atoms with Crippen LogP contribution < -0.4 is 0 Å². The second-order valence-electron chi connectivity index (χ2n) is 6.79. The van der Waals surface area contributed by atoms with Crippen molar-refractivity contribution in [2.75, 3.05) is 7.05 Å². The number of aromatic nitrogens is 2. The Balaban J connectivity index is 1.91. The van der Waals surface area contributed by atoms with Crippen molar-refractivity contribution in [3.8, 4) is 11.1 Å². The third-order valence-corrected chi connectivity index (χ3v) is 4.89. The van der Waals surface area contributed by atoms with Crippen LogP contribution in [0, 0.1) is 13.8 Å². The molecule has 1 amide bonds. The Bertz CT molecular complexity index is 937. The van der Waals surface area contributed by atoms with Crippen LogP contribution in [-0.4, -0.2) is 27.8 Å². The summed E-state index contributed by atoms with van der Waals surface area (Å²) in [5, 5.41) is 0. The fourth-order valence-corrected chi connectivity index (χ4v) is 3.46. The topological polar surface area (TPSA) is 46.1 Å². The van der Waals surface area contributed by atoms with Crippen LogP contribution in [0.15, 0.2) is 60.9 Å². The van der Waals surface area contributed by atoms with E-state index >= 15 is 0 Å². The predicted molar refractivity (Wildman–Crippen MR) is 109 cm³/mol. The Labute approximate surface area is 160 Å². The number of carbonyl (C=O) groups is 1. The molecule has 138 valence electrons. The van der Waals surface area contributed by atoms with E-state index in [1.54, 1.807) is 11.1 Å². The van der Waals surface area contributed by atoms with E-state index in [4.69, 9.17) is 0 Å². The first-order chi connectivity index (χ1) is 13.0. The van der Waals surface area contributed by atoms with E-state index in [1.807, 2.05) is 69.6 Å². The molecule has 0 saturated heterocycles. The lowest BCUT2D eigenvalue weighted by Crippen LogP contribution is -2.31. The molecule has 4 nitrogen and oxygen atoms in total. The molecular weight excluding hydrogens is 334 g/mol. The largest absolute Gasteiger partial charge is 0.335 e. The lowest BCUT2D eigenvalue weighted by Gasteiger charge is -2.27. The van der Waals surface area contributed by atoms with E-state index in [-0.39, 0.29) is 11.9 Å². The molecule has 0 bridgehead atoms. The molecule has 0 unspecified atom stereocenters. The Morgan fingerprint density at radius 1 is 1.11 bits per heavy atom. The summed E-state index contributed by atoms with van der Waals surface area (Å²) < 4.78 is 0. The predicted octanol–water partition coefficient (Wildman–Crippen LogP) is 4.98. The summed E-state index contributed by atoms with van der Waals surface area (Å²) in [5.74, 6) is 0.00489. The zero-order chi connectivity index (χ0) is 19.4. The van der Waals surface area contributed by atoms with Crippen molar-refractivity contribution in [1.82, 2.24) is 14.9 Å². The van der Waals surface area contributed by atoms with Gasteiger partial charge in [-0.25, -0.2) is 0 Å². The van der Waals surface area contributed by atoms with Crippen molar-refractivity contribution in [2.24, 2.45) is 0 Å². The molecule has 0 aliphatic rings. The maximum absolute atomic E-state index is 13.1. The van der Waals surface area contributed by atoms with E-state index in [0.717, 1.165) is 34.5 Å². The van der Waals surface area contributed by atoms with Crippen LogP contribution in [-0.2, 0) is 0 Å². The SMILES string of the molecule is CC[C@@H](c1cccnc1)N(C)C(=O)c1cccc(-c2ccc(C)nc2C)c1. The highest BCUT2D eigenvalue weighted by molar-refractivity contribution is 5.95. The number of nitrogens with zero attached hydrogens (tertiary/aromatic N) is 3. The zero-order valence-corrected chi connectivity index (χ0v) is 16.3. The minimum Gasteiger partial charge on any atom is -0.335 e. The molecule has 27 heavy (non-hydrogen) atoms. The minimum atomic E-state index is -0.00219. The fraction of sp³-hybridized carbons (Fsp3) is 0.261. The van der Waals surface area contributed by atoms with Crippen LogP contribution in [0.5, 0.6) is 0 Å². The van der Waals surface area contributed by atoms with E-state index in [2.05, 4.69) is 23.0 Å². The summed E-state index contributed by atoms with van der Waals surface area (Å²) in [6, 6.07) is 15.8. The molecule has 0 radical (unpaired) electrons. The molecule has 0 saturated carbocycles. The fourth-order valence-electron chi connectivity index (χ4n) is 3.46. The van der Waals surface area contributed by atoms with Gasteiger partial charge in [-0.05, 0) is 55.7 Å². The average Bonchev–Trinajstić information content (AvgIpc) is 2.69. The van der Waals surface area contributed by atoms with Gasteiger partial charge in [0.2, 0.25) is 0 Å². The normalized spacial score (nSPS) is 11.9.